The summed E-state index contributed by atoms with van der Waals surface area (Å²) < 4.78 is 17.7. The Morgan fingerprint density at radius 1 is 1.60 bits per heavy atom. The van der Waals surface area contributed by atoms with Crippen molar-refractivity contribution in [2.45, 2.75) is 6.92 Å². The highest BCUT2D eigenvalue weighted by molar-refractivity contribution is 5.98. The molecule has 0 saturated heterocycles. The fraction of sp³-hybridized carbons (Fsp3) is 0.273. The molecule has 80 valence electrons. The van der Waals surface area contributed by atoms with Gasteiger partial charge in [-0.05, 0) is 25.1 Å². The van der Waals surface area contributed by atoms with Crippen molar-refractivity contribution in [1.29, 1.82) is 0 Å². The van der Waals surface area contributed by atoms with Crippen molar-refractivity contribution in [3.05, 3.63) is 35.6 Å². The van der Waals surface area contributed by atoms with Crippen LogP contribution in [-0.2, 0) is 4.74 Å². The van der Waals surface area contributed by atoms with Gasteiger partial charge in [0, 0.05) is 18.4 Å². The van der Waals surface area contributed by atoms with Crippen LogP contribution in [0.2, 0.25) is 0 Å². The van der Waals surface area contributed by atoms with Gasteiger partial charge in [0.1, 0.15) is 5.82 Å². The van der Waals surface area contributed by atoms with E-state index in [0.29, 0.717) is 6.61 Å². The zero-order valence-corrected chi connectivity index (χ0v) is 8.44. The first-order valence-electron chi connectivity index (χ1n) is 4.64. The van der Waals surface area contributed by atoms with E-state index in [1.54, 1.807) is 0 Å². The molecule has 0 bridgehead atoms. The molecule has 0 aliphatic rings. The van der Waals surface area contributed by atoms with Crippen molar-refractivity contribution >= 4 is 12.1 Å². The highest BCUT2D eigenvalue weighted by atomic mass is 19.1. The molecular formula is C11H12FNO2. The standard InChI is InChI=1S/C11H12FNO2/c1-2-15-7-6-13-11(14)9-4-3-5-10(12)8-9/h3-6,8H,2,7H2,1H3. The summed E-state index contributed by atoms with van der Waals surface area (Å²) >= 11 is 0. The molecule has 0 N–H and O–H groups in total. The Hall–Kier alpha value is -1.55. The maximum Gasteiger partial charge on any atom is 0.276 e. The van der Waals surface area contributed by atoms with Crippen LogP contribution in [0.5, 0.6) is 0 Å². The Morgan fingerprint density at radius 3 is 3.07 bits per heavy atom. The fourth-order valence-electron chi connectivity index (χ4n) is 0.987. The van der Waals surface area contributed by atoms with Gasteiger partial charge in [-0.3, -0.25) is 4.79 Å². The minimum Gasteiger partial charge on any atom is -0.376 e. The minimum absolute atomic E-state index is 0.239. The van der Waals surface area contributed by atoms with E-state index in [1.807, 2.05) is 6.92 Å². The van der Waals surface area contributed by atoms with Gasteiger partial charge >= 0.3 is 0 Å². The molecule has 4 heteroatoms. The molecule has 0 saturated carbocycles. The number of halogens is 1. The molecule has 1 aromatic rings. The second kappa shape index (κ2) is 6.03. The van der Waals surface area contributed by atoms with Gasteiger partial charge in [-0.2, -0.15) is 0 Å². The van der Waals surface area contributed by atoms with Crippen molar-refractivity contribution in [2.24, 2.45) is 4.99 Å². The van der Waals surface area contributed by atoms with Crippen LogP contribution in [0.25, 0.3) is 0 Å². The third kappa shape index (κ3) is 3.99. The van der Waals surface area contributed by atoms with Gasteiger partial charge in [-0.25, -0.2) is 9.38 Å². The summed E-state index contributed by atoms with van der Waals surface area (Å²) in [7, 11) is 0. The van der Waals surface area contributed by atoms with E-state index in [0.717, 1.165) is 6.07 Å². The van der Waals surface area contributed by atoms with Crippen LogP contribution in [0.1, 0.15) is 17.3 Å². The highest BCUT2D eigenvalue weighted by Crippen LogP contribution is 2.04. The molecule has 3 nitrogen and oxygen atoms in total. The topological polar surface area (TPSA) is 38.7 Å². The number of ether oxygens (including phenoxy) is 1. The third-order valence-corrected chi connectivity index (χ3v) is 1.68. The Labute approximate surface area is 87.6 Å². The molecule has 1 rings (SSSR count). The minimum atomic E-state index is -0.464. The summed E-state index contributed by atoms with van der Waals surface area (Å²) in [5.41, 5.74) is 0.239. The van der Waals surface area contributed by atoms with Crippen LogP contribution in [-0.4, -0.2) is 25.3 Å². The summed E-state index contributed by atoms with van der Waals surface area (Å²) in [4.78, 5) is 15.0. The number of nitrogens with zero attached hydrogens (tertiary/aromatic N) is 1. The van der Waals surface area contributed by atoms with Crippen LogP contribution in [0.4, 0.5) is 4.39 Å². The smallest absolute Gasteiger partial charge is 0.276 e. The predicted octanol–water partition coefficient (Wildman–Crippen LogP) is 2.07. The third-order valence-electron chi connectivity index (χ3n) is 1.68. The van der Waals surface area contributed by atoms with E-state index in [9.17, 15) is 9.18 Å². The first kappa shape index (κ1) is 11.5. The Morgan fingerprint density at radius 2 is 2.40 bits per heavy atom. The lowest BCUT2D eigenvalue weighted by atomic mass is 10.2. The number of rotatable bonds is 4. The molecule has 0 fully saturated rings. The van der Waals surface area contributed by atoms with Gasteiger partial charge in [0.15, 0.2) is 0 Å². The maximum atomic E-state index is 12.7. The molecule has 15 heavy (non-hydrogen) atoms. The van der Waals surface area contributed by atoms with E-state index in [4.69, 9.17) is 4.74 Å². The zero-order chi connectivity index (χ0) is 11.1. The predicted molar refractivity (Wildman–Crippen MR) is 55.7 cm³/mol. The molecular weight excluding hydrogens is 197 g/mol. The van der Waals surface area contributed by atoms with Crippen molar-refractivity contribution in [3.8, 4) is 0 Å². The Bertz CT molecular complexity index is 363. The van der Waals surface area contributed by atoms with Gasteiger partial charge in [-0.15, -0.1) is 0 Å². The second-order valence-electron chi connectivity index (χ2n) is 2.79. The lowest BCUT2D eigenvalue weighted by Crippen LogP contribution is -1.99. The van der Waals surface area contributed by atoms with E-state index < -0.39 is 11.7 Å². The number of carbonyl (C=O) groups excluding carboxylic acids is 1. The summed E-state index contributed by atoms with van der Waals surface area (Å²) in [5, 5.41) is 0. The monoisotopic (exact) mass is 209 g/mol. The average Bonchev–Trinajstić information content (AvgIpc) is 2.24. The number of hydrogen-bond acceptors (Lipinski definition) is 2. The van der Waals surface area contributed by atoms with Gasteiger partial charge in [0.05, 0.1) is 6.61 Å². The van der Waals surface area contributed by atoms with Crippen molar-refractivity contribution in [2.75, 3.05) is 13.2 Å². The largest absolute Gasteiger partial charge is 0.376 e. The Kier molecular flexibility index (Phi) is 4.63. The number of carbonyl (C=O) groups is 1. The maximum absolute atomic E-state index is 12.7. The summed E-state index contributed by atoms with van der Waals surface area (Å²) in [6, 6.07) is 5.42. The number of benzene rings is 1. The molecule has 1 amide bonds. The second-order valence-corrected chi connectivity index (χ2v) is 2.79. The first-order valence-corrected chi connectivity index (χ1v) is 4.64. The molecule has 0 aliphatic heterocycles. The normalized spacial score (nSPS) is 10.8. The molecule has 0 unspecified atom stereocenters. The van der Waals surface area contributed by atoms with Gasteiger partial charge in [0.2, 0.25) is 0 Å². The van der Waals surface area contributed by atoms with Crippen LogP contribution >= 0.6 is 0 Å². The van der Waals surface area contributed by atoms with E-state index in [1.165, 1.54) is 24.4 Å². The lowest BCUT2D eigenvalue weighted by Gasteiger charge is -1.95. The molecule has 0 atom stereocenters. The first-order chi connectivity index (χ1) is 7.24. The summed E-state index contributed by atoms with van der Waals surface area (Å²) in [6.45, 7) is 2.71. The van der Waals surface area contributed by atoms with Crippen LogP contribution in [0, 0.1) is 5.82 Å². The molecule has 0 spiro atoms. The number of hydrogen-bond donors (Lipinski definition) is 0. The lowest BCUT2D eigenvalue weighted by molar-refractivity contribution is 0.100. The SMILES string of the molecule is CCOCC=NC(=O)c1cccc(F)c1. The molecule has 0 aromatic heterocycles. The zero-order valence-electron chi connectivity index (χ0n) is 8.44. The number of aliphatic imine (C=N–C) groups is 1. The van der Waals surface area contributed by atoms with E-state index >= 15 is 0 Å². The van der Waals surface area contributed by atoms with Crippen LogP contribution in [0.3, 0.4) is 0 Å². The fourth-order valence-corrected chi connectivity index (χ4v) is 0.987. The van der Waals surface area contributed by atoms with Crippen molar-refractivity contribution in [1.82, 2.24) is 0 Å². The van der Waals surface area contributed by atoms with Crippen LogP contribution in [0.15, 0.2) is 29.3 Å². The summed E-state index contributed by atoms with van der Waals surface area (Å²) in [5.74, 6) is -0.907. The van der Waals surface area contributed by atoms with Crippen molar-refractivity contribution in [3.63, 3.8) is 0 Å². The van der Waals surface area contributed by atoms with Gasteiger partial charge in [0.25, 0.3) is 5.91 Å². The molecule has 0 aliphatic carbocycles. The van der Waals surface area contributed by atoms with Gasteiger partial charge in [-0.1, -0.05) is 6.07 Å². The van der Waals surface area contributed by atoms with Gasteiger partial charge < -0.3 is 4.74 Å². The Balaban J connectivity index is 2.57. The molecule has 0 radical (unpaired) electrons. The number of amides is 1. The quantitative estimate of drug-likeness (QED) is 0.562. The average molecular weight is 209 g/mol. The van der Waals surface area contributed by atoms with Crippen LogP contribution < -0.4 is 0 Å². The summed E-state index contributed by atoms with van der Waals surface area (Å²) in [6.07, 6.45) is 1.37. The highest BCUT2D eigenvalue weighted by Gasteiger charge is 2.02. The van der Waals surface area contributed by atoms with Crippen molar-refractivity contribution < 1.29 is 13.9 Å². The molecule has 0 heterocycles. The van der Waals surface area contributed by atoms with E-state index in [-0.39, 0.29) is 12.2 Å². The molecule has 1 aromatic carbocycles. The van der Waals surface area contributed by atoms with E-state index in [2.05, 4.69) is 4.99 Å².